The molecule has 10 heteroatoms. The summed E-state index contributed by atoms with van der Waals surface area (Å²) in [6, 6.07) is 2.16. The molecule has 1 amide bonds. The number of nitrogens with two attached hydrogens (primary N) is 1. The lowest BCUT2D eigenvalue weighted by Gasteiger charge is -2.37. The summed E-state index contributed by atoms with van der Waals surface area (Å²) < 4.78 is 6.28. The highest BCUT2D eigenvalue weighted by atomic mass is 16.5. The van der Waals surface area contributed by atoms with Gasteiger partial charge in [0.2, 0.25) is 5.91 Å². The van der Waals surface area contributed by atoms with Gasteiger partial charge < -0.3 is 26.4 Å². The van der Waals surface area contributed by atoms with Crippen LogP contribution < -0.4 is 32.4 Å². The second kappa shape index (κ2) is 9.00. The van der Waals surface area contributed by atoms with Crippen LogP contribution in [0.5, 0.6) is 0 Å². The normalized spacial score (nSPS) is 41.4. The smallest absolute Gasteiger partial charge is 0.229 e. The minimum atomic E-state index is -0.451. The van der Waals surface area contributed by atoms with Crippen molar-refractivity contribution in [3.8, 4) is 6.07 Å². The molecule has 28 heavy (non-hydrogen) atoms. The van der Waals surface area contributed by atoms with Crippen molar-refractivity contribution in [2.45, 2.75) is 49.8 Å². The van der Waals surface area contributed by atoms with Crippen molar-refractivity contribution in [2.24, 2.45) is 17.6 Å². The van der Waals surface area contributed by atoms with Crippen LogP contribution in [0.2, 0.25) is 0 Å². The van der Waals surface area contributed by atoms with E-state index in [0.717, 1.165) is 39.0 Å². The van der Waals surface area contributed by atoms with Gasteiger partial charge in [0, 0.05) is 32.6 Å². The predicted molar refractivity (Wildman–Crippen MR) is 102 cm³/mol. The molecule has 6 unspecified atom stereocenters. The van der Waals surface area contributed by atoms with Gasteiger partial charge in [-0.05, 0) is 31.8 Å². The number of carbonyl (C=O) groups is 1. The van der Waals surface area contributed by atoms with Crippen LogP contribution in [0.4, 0.5) is 0 Å². The van der Waals surface area contributed by atoms with E-state index in [0.29, 0.717) is 19.5 Å². The Bertz CT molecular complexity index is 593. The summed E-state index contributed by atoms with van der Waals surface area (Å²) in [7, 11) is 0. The highest BCUT2D eigenvalue weighted by Crippen LogP contribution is 2.24. The summed E-state index contributed by atoms with van der Waals surface area (Å²) in [5.41, 5.74) is 9.46. The maximum atomic E-state index is 13.1. The van der Waals surface area contributed by atoms with Gasteiger partial charge in [-0.15, -0.1) is 0 Å². The Morgan fingerprint density at radius 1 is 1.25 bits per heavy atom. The molecule has 0 aliphatic carbocycles. The van der Waals surface area contributed by atoms with E-state index in [9.17, 15) is 4.79 Å². The van der Waals surface area contributed by atoms with Crippen molar-refractivity contribution in [1.82, 2.24) is 31.7 Å². The van der Waals surface area contributed by atoms with Crippen molar-refractivity contribution in [1.29, 1.82) is 5.26 Å². The number of hydrogen-bond acceptors (Lipinski definition) is 9. The van der Waals surface area contributed by atoms with Crippen molar-refractivity contribution < 1.29 is 9.53 Å². The maximum absolute atomic E-state index is 13.1. The zero-order valence-corrected chi connectivity index (χ0v) is 16.2. The Labute approximate surface area is 165 Å². The van der Waals surface area contributed by atoms with Crippen LogP contribution in [0.25, 0.3) is 0 Å². The van der Waals surface area contributed by atoms with Gasteiger partial charge in [-0.25, -0.2) is 10.4 Å². The minimum Gasteiger partial charge on any atom is -0.371 e. The first-order valence-corrected chi connectivity index (χ1v) is 10.4. The Hall–Kier alpha value is -1.32. The number of fused-ring (bicyclic) bond motifs is 1. The largest absolute Gasteiger partial charge is 0.371 e. The third-order valence-corrected chi connectivity index (χ3v) is 6.26. The van der Waals surface area contributed by atoms with E-state index in [1.54, 1.807) is 0 Å². The molecule has 4 rings (SSSR count). The molecule has 7 N–H and O–H groups in total. The number of hydrogen-bond donors (Lipinski definition) is 6. The first-order chi connectivity index (χ1) is 13.7. The van der Waals surface area contributed by atoms with Crippen LogP contribution in [-0.2, 0) is 9.53 Å². The van der Waals surface area contributed by atoms with Gasteiger partial charge in [0.15, 0.2) is 0 Å². The summed E-state index contributed by atoms with van der Waals surface area (Å²) in [5, 5.41) is 24.2. The van der Waals surface area contributed by atoms with Crippen LogP contribution >= 0.6 is 0 Å². The van der Waals surface area contributed by atoms with Gasteiger partial charge in [0.05, 0.1) is 42.6 Å². The Morgan fingerprint density at radius 3 is 2.86 bits per heavy atom. The number of amides is 1. The number of ether oxygens (including phenoxy) is 1. The molecule has 0 saturated carbocycles. The third-order valence-electron chi connectivity index (χ3n) is 6.26. The number of nitrogens with one attached hydrogen (secondary N) is 5. The average molecular weight is 393 g/mol. The van der Waals surface area contributed by atoms with E-state index in [4.69, 9.17) is 15.7 Å². The van der Waals surface area contributed by atoms with Crippen LogP contribution in [0.1, 0.15) is 19.3 Å². The van der Waals surface area contributed by atoms with Gasteiger partial charge in [0.1, 0.15) is 0 Å². The Kier molecular flexibility index (Phi) is 6.42. The Morgan fingerprint density at radius 2 is 2.07 bits per heavy atom. The van der Waals surface area contributed by atoms with Crippen LogP contribution in [-0.4, -0.2) is 80.8 Å². The summed E-state index contributed by atoms with van der Waals surface area (Å²) >= 11 is 0. The standard InChI is InChI=1S/C18H32N8O2/c19-4-1-11-7-23-17-15(16(20)25-26(17)10-11)18(27)24-13-9-22-6-3-14(13)28-12-2-5-21-8-12/h11-17,21-23,25H,1-3,5-10,20H2,(H,24,27)/t11?,12-,13?,14?,15?,16?,17?/m0/s1. The molecule has 4 fully saturated rings. The summed E-state index contributed by atoms with van der Waals surface area (Å²) in [6.07, 6.45) is 2.05. The van der Waals surface area contributed by atoms with E-state index in [1.165, 1.54) is 0 Å². The monoisotopic (exact) mass is 392 g/mol. The highest BCUT2D eigenvalue weighted by molar-refractivity contribution is 5.80. The van der Waals surface area contributed by atoms with Crippen molar-refractivity contribution in [3.05, 3.63) is 0 Å². The van der Waals surface area contributed by atoms with Crippen LogP contribution in [0.15, 0.2) is 0 Å². The van der Waals surface area contributed by atoms with E-state index in [1.807, 2.05) is 5.01 Å². The van der Waals surface area contributed by atoms with E-state index >= 15 is 0 Å². The van der Waals surface area contributed by atoms with Gasteiger partial charge in [-0.3, -0.25) is 10.1 Å². The molecule has 4 heterocycles. The Balaban J connectivity index is 1.36. The average Bonchev–Trinajstić information content (AvgIpc) is 3.30. The van der Waals surface area contributed by atoms with Gasteiger partial charge in [-0.1, -0.05) is 0 Å². The van der Waals surface area contributed by atoms with Crippen molar-refractivity contribution >= 4 is 5.91 Å². The lowest BCUT2D eigenvalue weighted by molar-refractivity contribution is -0.129. The third kappa shape index (κ3) is 4.31. The van der Waals surface area contributed by atoms with E-state index in [2.05, 4.69) is 32.8 Å². The van der Waals surface area contributed by atoms with Crippen molar-refractivity contribution in [3.63, 3.8) is 0 Å². The van der Waals surface area contributed by atoms with Gasteiger partial charge in [0.25, 0.3) is 0 Å². The van der Waals surface area contributed by atoms with E-state index < -0.39 is 12.1 Å². The molecule has 0 bridgehead atoms. The van der Waals surface area contributed by atoms with Gasteiger partial charge >= 0.3 is 0 Å². The number of nitrogens with zero attached hydrogens (tertiary/aromatic N) is 2. The maximum Gasteiger partial charge on any atom is 0.229 e. The molecular formula is C18H32N8O2. The van der Waals surface area contributed by atoms with Crippen LogP contribution in [0, 0.1) is 23.2 Å². The van der Waals surface area contributed by atoms with Crippen LogP contribution in [0.3, 0.4) is 0 Å². The molecule has 0 aromatic heterocycles. The number of rotatable bonds is 5. The molecular weight excluding hydrogens is 360 g/mol. The molecule has 156 valence electrons. The minimum absolute atomic E-state index is 0.0242. The number of carbonyl (C=O) groups excluding carboxylic acids is 1. The fourth-order valence-electron chi connectivity index (χ4n) is 4.76. The highest BCUT2D eigenvalue weighted by Gasteiger charge is 2.47. The first-order valence-electron chi connectivity index (χ1n) is 10.4. The molecule has 0 aromatic carbocycles. The number of nitriles is 1. The molecule has 0 radical (unpaired) electrons. The van der Waals surface area contributed by atoms with Crippen molar-refractivity contribution in [2.75, 3.05) is 39.3 Å². The molecule has 4 aliphatic rings. The zero-order chi connectivity index (χ0) is 19.5. The van der Waals surface area contributed by atoms with Gasteiger partial charge in [-0.2, -0.15) is 5.26 Å². The molecule has 4 aliphatic heterocycles. The lowest BCUT2D eigenvalue weighted by Crippen LogP contribution is -2.61. The number of piperidine rings is 1. The second-order valence-corrected chi connectivity index (χ2v) is 8.31. The van der Waals surface area contributed by atoms with E-state index in [-0.39, 0.29) is 36.2 Å². The quantitative estimate of drug-likeness (QED) is 0.297. The fraction of sp³-hybridized carbons (Fsp3) is 0.889. The lowest BCUT2D eigenvalue weighted by atomic mass is 9.96. The fourth-order valence-corrected chi connectivity index (χ4v) is 4.76. The zero-order valence-electron chi connectivity index (χ0n) is 16.2. The molecule has 4 saturated heterocycles. The number of hydrazine groups is 1. The summed E-state index contributed by atoms with van der Waals surface area (Å²) in [5.74, 6) is -0.201. The predicted octanol–water partition coefficient (Wildman–Crippen LogP) is -2.61. The molecule has 0 aromatic rings. The molecule has 10 nitrogen and oxygen atoms in total. The second-order valence-electron chi connectivity index (χ2n) is 8.31. The first kappa shape index (κ1) is 20.0. The molecule has 0 spiro atoms. The summed E-state index contributed by atoms with van der Waals surface area (Å²) in [4.78, 5) is 13.1. The SMILES string of the molecule is N#CCC1CNC2C(C(=O)NC3CNCCC3O[C@H]3CCNC3)C(N)NN2C1. The summed E-state index contributed by atoms with van der Waals surface area (Å²) in [6.45, 7) is 4.92. The topological polar surface area (TPSA) is 140 Å². The molecule has 7 atom stereocenters.